The van der Waals surface area contributed by atoms with Crippen molar-refractivity contribution in [2.24, 2.45) is 5.73 Å². The van der Waals surface area contributed by atoms with Crippen LogP contribution in [0.3, 0.4) is 0 Å². The van der Waals surface area contributed by atoms with Crippen LogP contribution >= 0.6 is 11.6 Å². The number of benzene rings is 2. The van der Waals surface area contributed by atoms with E-state index in [-0.39, 0.29) is 6.04 Å². The van der Waals surface area contributed by atoms with Gasteiger partial charge in [-0.3, -0.25) is 0 Å². The van der Waals surface area contributed by atoms with Crippen LogP contribution in [0.15, 0.2) is 48.5 Å². The van der Waals surface area contributed by atoms with Crippen molar-refractivity contribution >= 4 is 11.6 Å². The molecule has 21 heavy (non-hydrogen) atoms. The van der Waals surface area contributed by atoms with Crippen LogP contribution in [0.5, 0.6) is 0 Å². The molecule has 1 atom stereocenters. The van der Waals surface area contributed by atoms with E-state index in [1.54, 1.807) is 12.1 Å². The monoisotopic (exact) mass is 313 g/mol. The Labute approximate surface area is 126 Å². The van der Waals surface area contributed by atoms with Gasteiger partial charge in [-0.2, -0.15) is 13.2 Å². The molecule has 1 unspecified atom stereocenters. The molecular formula is C16H15ClF3N. The molecule has 1 nitrogen and oxygen atoms in total. The molecule has 0 aliphatic carbocycles. The summed E-state index contributed by atoms with van der Waals surface area (Å²) in [6.45, 7) is 0. The Balaban J connectivity index is 2.04. The van der Waals surface area contributed by atoms with Crippen molar-refractivity contribution in [2.45, 2.75) is 25.1 Å². The normalized spacial score (nSPS) is 13.2. The topological polar surface area (TPSA) is 26.0 Å². The lowest BCUT2D eigenvalue weighted by Crippen LogP contribution is -2.25. The van der Waals surface area contributed by atoms with Crippen LogP contribution in [-0.2, 0) is 19.0 Å². The minimum Gasteiger partial charge on any atom is -0.327 e. The Kier molecular flexibility index (Phi) is 4.91. The lowest BCUT2D eigenvalue weighted by atomic mass is 9.98. The summed E-state index contributed by atoms with van der Waals surface area (Å²) in [7, 11) is 0. The molecule has 0 aliphatic rings. The van der Waals surface area contributed by atoms with Crippen molar-refractivity contribution in [3.63, 3.8) is 0 Å². The zero-order valence-electron chi connectivity index (χ0n) is 11.2. The van der Waals surface area contributed by atoms with Gasteiger partial charge in [-0.05, 0) is 42.2 Å². The number of alkyl halides is 3. The van der Waals surface area contributed by atoms with Crippen LogP contribution in [0.25, 0.3) is 0 Å². The number of nitrogens with two attached hydrogens (primary N) is 1. The molecule has 0 saturated carbocycles. The van der Waals surface area contributed by atoms with Crippen LogP contribution in [0.2, 0.25) is 5.02 Å². The fourth-order valence-electron chi connectivity index (χ4n) is 2.22. The highest BCUT2D eigenvalue weighted by molar-refractivity contribution is 6.30. The first kappa shape index (κ1) is 15.9. The molecule has 112 valence electrons. The largest absolute Gasteiger partial charge is 0.416 e. The highest BCUT2D eigenvalue weighted by Crippen LogP contribution is 2.29. The molecule has 0 spiro atoms. The summed E-state index contributed by atoms with van der Waals surface area (Å²) < 4.78 is 38.0. The second-order valence-corrected chi connectivity index (χ2v) is 5.43. The van der Waals surface area contributed by atoms with E-state index in [9.17, 15) is 13.2 Å². The molecule has 5 heteroatoms. The highest BCUT2D eigenvalue weighted by atomic mass is 35.5. The van der Waals surface area contributed by atoms with E-state index in [1.807, 2.05) is 18.2 Å². The molecule has 0 amide bonds. The van der Waals surface area contributed by atoms with E-state index in [1.165, 1.54) is 6.07 Å². The molecule has 2 aromatic rings. The standard InChI is InChI=1S/C16H15ClF3N/c17-14-6-2-4-12(8-14)10-15(21)9-11-3-1-5-13(7-11)16(18,19)20/h1-8,15H,9-10,21H2. The van der Waals surface area contributed by atoms with E-state index in [2.05, 4.69) is 0 Å². The molecule has 0 fully saturated rings. The van der Waals surface area contributed by atoms with Gasteiger partial charge < -0.3 is 5.73 Å². The molecule has 0 heterocycles. The van der Waals surface area contributed by atoms with E-state index < -0.39 is 11.7 Å². The van der Waals surface area contributed by atoms with Gasteiger partial charge in [0.2, 0.25) is 0 Å². The van der Waals surface area contributed by atoms with Gasteiger partial charge in [0.1, 0.15) is 0 Å². The van der Waals surface area contributed by atoms with Gasteiger partial charge in [0, 0.05) is 11.1 Å². The van der Waals surface area contributed by atoms with Crippen LogP contribution in [-0.4, -0.2) is 6.04 Å². The van der Waals surface area contributed by atoms with Crippen LogP contribution < -0.4 is 5.73 Å². The third-order valence-corrected chi connectivity index (χ3v) is 3.37. The maximum absolute atomic E-state index is 12.7. The molecule has 0 radical (unpaired) electrons. The summed E-state index contributed by atoms with van der Waals surface area (Å²) in [6.07, 6.45) is -3.37. The summed E-state index contributed by atoms with van der Waals surface area (Å²) >= 11 is 5.89. The first-order valence-electron chi connectivity index (χ1n) is 6.51. The summed E-state index contributed by atoms with van der Waals surface area (Å²) in [4.78, 5) is 0. The Morgan fingerprint density at radius 3 is 2.10 bits per heavy atom. The van der Waals surface area contributed by atoms with Crippen molar-refractivity contribution in [3.8, 4) is 0 Å². The molecule has 2 aromatic carbocycles. The summed E-state index contributed by atoms with van der Waals surface area (Å²) in [5, 5.41) is 0.624. The number of halogens is 4. The second-order valence-electron chi connectivity index (χ2n) is 5.00. The molecule has 0 aliphatic heterocycles. The third-order valence-electron chi connectivity index (χ3n) is 3.14. The summed E-state index contributed by atoms with van der Waals surface area (Å²) in [5.41, 5.74) is 6.94. The Morgan fingerprint density at radius 2 is 1.52 bits per heavy atom. The predicted octanol–water partition coefficient (Wildman–Crippen LogP) is 4.47. The lowest BCUT2D eigenvalue weighted by molar-refractivity contribution is -0.137. The third kappa shape index (κ3) is 4.76. The SMILES string of the molecule is NC(Cc1cccc(Cl)c1)Cc1cccc(C(F)(F)F)c1. The van der Waals surface area contributed by atoms with Crippen molar-refractivity contribution in [1.82, 2.24) is 0 Å². The Bertz CT molecular complexity index is 610. The van der Waals surface area contributed by atoms with Gasteiger partial charge in [-0.1, -0.05) is 41.9 Å². The fraction of sp³-hybridized carbons (Fsp3) is 0.250. The lowest BCUT2D eigenvalue weighted by Gasteiger charge is -2.14. The zero-order valence-corrected chi connectivity index (χ0v) is 12.0. The van der Waals surface area contributed by atoms with Gasteiger partial charge in [0.25, 0.3) is 0 Å². The number of hydrogen-bond donors (Lipinski definition) is 1. The quantitative estimate of drug-likeness (QED) is 0.885. The van der Waals surface area contributed by atoms with Crippen LogP contribution in [0.1, 0.15) is 16.7 Å². The van der Waals surface area contributed by atoms with E-state index in [0.717, 1.165) is 17.7 Å². The van der Waals surface area contributed by atoms with E-state index in [0.29, 0.717) is 23.4 Å². The molecular weight excluding hydrogens is 299 g/mol. The molecule has 0 saturated heterocycles. The van der Waals surface area contributed by atoms with Gasteiger partial charge in [-0.15, -0.1) is 0 Å². The Morgan fingerprint density at radius 1 is 0.952 bits per heavy atom. The highest BCUT2D eigenvalue weighted by Gasteiger charge is 2.30. The minimum atomic E-state index is -4.33. The molecule has 2 rings (SSSR count). The van der Waals surface area contributed by atoms with Gasteiger partial charge >= 0.3 is 6.18 Å². The maximum atomic E-state index is 12.7. The van der Waals surface area contributed by atoms with Gasteiger partial charge in [0.15, 0.2) is 0 Å². The molecule has 0 bridgehead atoms. The first-order valence-corrected chi connectivity index (χ1v) is 6.88. The maximum Gasteiger partial charge on any atom is 0.416 e. The zero-order chi connectivity index (χ0) is 15.5. The van der Waals surface area contributed by atoms with Gasteiger partial charge in [-0.25, -0.2) is 0 Å². The molecule has 0 aromatic heterocycles. The average Bonchev–Trinajstić information content (AvgIpc) is 2.37. The Hall–Kier alpha value is -1.52. The van der Waals surface area contributed by atoms with Crippen molar-refractivity contribution in [1.29, 1.82) is 0 Å². The van der Waals surface area contributed by atoms with Crippen LogP contribution in [0, 0.1) is 0 Å². The fourth-order valence-corrected chi connectivity index (χ4v) is 2.43. The van der Waals surface area contributed by atoms with E-state index >= 15 is 0 Å². The van der Waals surface area contributed by atoms with Crippen molar-refractivity contribution in [2.75, 3.05) is 0 Å². The van der Waals surface area contributed by atoms with Crippen LogP contribution in [0.4, 0.5) is 13.2 Å². The second kappa shape index (κ2) is 6.50. The predicted molar refractivity (Wildman–Crippen MR) is 78.3 cm³/mol. The summed E-state index contributed by atoms with van der Waals surface area (Å²) in [5.74, 6) is 0. The summed E-state index contributed by atoms with van der Waals surface area (Å²) in [6, 6.07) is 12.3. The van der Waals surface area contributed by atoms with Crippen molar-refractivity contribution in [3.05, 3.63) is 70.2 Å². The number of hydrogen-bond acceptors (Lipinski definition) is 1. The van der Waals surface area contributed by atoms with Crippen molar-refractivity contribution < 1.29 is 13.2 Å². The first-order chi connectivity index (χ1) is 9.84. The smallest absolute Gasteiger partial charge is 0.327 e. The minimum absolute atomic E-state index is 0.257. The van der Waals surface area contributed by atoms with Gasteiger partial charge in [0.05, 0.1) is 5.56 Å². The number of rotatable bonds is 4. The average molecular weight is 314 g/mol. The van der Waals surface area contributed by atoms with E-state index in [4.69, 9.17) is 17.3 Å². The molecule has 2 N–H and O–H groups in total.